The third kappa shape index (κ3) is 12.6. The lowest BCUT2D eigenvalue weighted by atomic mass is 9.64. The van der Waals surface area contributed by atoms with Crippen molar-refractivity contribution >= 4 is 18.2 Å². The van der Waals surface area contributed by atoms with E-state index in [1.54, 1.807) is 13.8 Å². The molecule has 4 fully saturated rings. The van der Waals surface area contributed by atoms with Crippen LogP contribution in [-0.2, 0) is 23.7 Å². The molecule has 0 spiro atoms. The summed E-state index contributed by atoms with van der Waals surface area (Å²) in [5.41, 5.74) is -0.849. The average molecular weight is 695 g/mol. The van der Waals surface area contributed by atoms with E-state index in [1.165, 1.54) is 64.2 Å². The van der Waals surface area contributed by atoms with Crippen molar-refractivity contribution in [3.63, 3.8) is 0 Å². The average Bonchev–Trinajstić information content (AvgIpc) is 3.07. The first-order valence-electron chi connectivity index (χ1n) is 19.4. The van der Waals surface area contributed by atoms with Crippen molar-refractivity contribution < 1.29 is 38.4 Å². The Labute approximate surface area is 297 Å². The summed E-state index contributed by atoms with van der Waals surface area (Å²) in [6.07, 6.45) is 15.3. The Morgan fingerprint density at radius 3 is 1.45 bits per heavy atom. The second kappa shape index (κ2) is 18.4. The molecule has 4 rings (SSSR count). The Balaban J connectivity index is 0.000000276. The summed E-state index contributed by atoms with van der Waals surface area (Å²) >= 11 is 0. The van der Waals surface area contributed by atoms with Crippen LogP contribution >= 0.6 is 0 Å². The molecule has 284 valence electrons. The van der Waals surface area contributed by atoms with E-state index in [-0.39, 0.29) is 35.6 Å². The van der Waals surface area contributed by atoms with Gasteiger partial charge in [0.05, 0.1) is 13.2 Å². The van der Waals surface area contributed by atoms with E-state index in [9.17, 15) is 19.5 Å². The predicted molar refractivity (Wildman–Crippen MR) is 191 cm³/mol. The molecule has 1 atom stereocenters. The molecular formula is C39H70N2O8. The van der Waals surface area contributed by atoms with Crippen molar-refractivity contribution in [3.05, 3.63) is 0 Å². The first kappa shape index (κ1) is 41.4. The molecule has 49 heavy (non-hydrogen) atoms. The minimum absolute atomic E-state index is 0.0275. The predicted octanol–water partition coefficient (Wildman–Crippen LogP) is 8.13. The summed E-state index contributed by atoms with van der Waals surface area (Å²) in [5.74, 6) is 0.931. The molecular weight excluding hydrogens is 624 g/mol. The molecule has 0 aromatic rings. The zero-order valence-electron chi connectivity index (χ0n) is 32.3. The van der Waals surface area contributed by atoms with Gasteiger partial charge in [0.15, 0.2) is 6.10 Å². The van der Waals surface area contributed by atoms with Crippen molar-refractivity contribution in [2.24, 2.45) is 22.7 Å². The molecule has 2 aliphatic carbocycles. The molecule has 2 saturated carbocycles. The molecule has 0 aromatic heterocycles. The summed E-state index contributed by atoms with van der Waals surface area (Å²) in [6.45, 7) is 18.9. The molecule has 2 saturated heterocycles. The smallest absolute Gasteiger partial charge is 0.410 e. The summed E-state index contributed by atoms with van der Waals surface area (Å²) in [6, 6.07) is 0. The summed E-state index contributed by atoms with van der Waals surface area (Å²) in [7, 11) is 0. The molecule has 0 bridgehead atoms. The van der Waals surface area contributed by atoms with E-state index < -0.39 is 17.3 Å². The minimum Gasteiger partial charge on any atom is -0.464 e. The SMILES string of the molecule is CC(C)(C)OC(=O)N1CCC(CO)(C2CCCCC2)CC1.CCOC(=O)C(C)OCC1(C2CCCCC2)CCN(C(=O)OC(C)(C)C)CC1. The normalized spacial score (nSPS) is 22.7. The number of carbonyl (C=O) groups excluding carboxylic acids is 3. The molecule has 2 aliphatic heterocycles. The van der Waals surface area contributed by atoms with E-state index in [1.807, 2.05) is 51.3 Å². The zero-order valence-corrected chi connectivity index (χ0v) is 32.3. The number of hydrogen-bond donors (Lipinski definition) is 1. The highest BCUT2D eigenvalue weighted by Gasteiger charge is 2.45. The van der Waals surface area contributed by atoms with Gasteiger partial charge in [-0.2, -0.15) is 0 Å². The third-order valence-corrected chi connectivity index (χ3v) is 11.3. The first-order valence-corrected chi connectivity index (χ1v) is 19.4. The number of hydrogen-bond acceptors (Lipinski definition) is 8. The van der Waals surface area contributed by atoms with Gasteiger partial charge in [-0.15, -0.1) is 0 Å². The van der Waals surface area contributed by atoms with Crippen molar-refractivity contribution in [2.45, 2.75) is 163 Å². The zero-order chi connectivity index (χ0) is 36.3. The second-order valence-corrected chi connectivity index (χ2v) is 17.2. The van der Waals surface area contributed by atoms with Crippen molar-refractivity contribution in [3.8, 4) is 0 Å². The lowest BCUT2D eigenvalue weighted by Crippen LogP contribution is -2.50. The molecule has 2 heterocycles. The Hall–Kier alpha value is -2.07. The van der Waals surface area contributed by atoms with Crippen LogP contribution in [0.4, 0.5) is 9.59 Å². The van der Waals surface area contributed by atoms with Gasteiger partial charge in [-0.1, -0.05) is 38.5 Å². The number of esters is 1. The van der Waals surface area contributed by atoms with Crippen LogP contribution in [0.5, 0.6) is 0 Å². The van der Waals surface area contributed by atoms with Gasteiger partial charge in [-0.05, 0) is 129 Å². The lowest BCUT2D eigenvalue weighted by Gasteiger charge is -2.48. The fourth-order valence-corrected chi connectivity index (χ4v) is 8.34. The van der Waals surface area contributed by atoms with Gasteiger partial charge in [0, 0.05) is 32.8 Å². The van der Waals surface area contributed by atoms with Crippen molar-refractivity contribution in [1.82, 2.24) is 9.80 Å². The fraction of sp³-hybridized carbons (Fsp3) is 0.923. The molecule has 1 N–H and O–H groups in total. The number of piperidine rings is 2. The van der Waals surface area contributed by atoms with Crippen LogP contribution in [0, 0.1) is 22.7 Å². The number of ether oxygens (including phenoxy) is 4. The Kier molecular flexibility index (Phi) is 15.6. The highest BCUT2D eigenvalue weighted by Crippen LogP contribution is 2.47. The maximum absolute atomic E-state index is 12.4. The van der Waals surface area contributed by atoms with Gasteiger partial charge in [0.2, 0.25) is 0 Å². The van der Waals surface area contributed by atoms with Crippen LogP contribution < -0.4 is 0 Å². The van der Waals surface area contributed by atoms with E-state index in [0.717, 1.165) is 25.7 Å². The number of carbonyl (C=O) groups is 3. The van der Waals surface area contributed by atoms with Gasteiger partial charge in [-0.3, -0.25) is 0 Å². The van der Waals surface area contributed by atoms with E-state index in [4.69, 9.17) is 18.9 Å². The van der Waals surface area contributed by atoms with Crippen LogP contribution in [0.3, 0.4) is 0 Å². The number of aliphatic hydroxyl groups excluding tert-OH is 1. The molecule has 10 nitrogen and oxygen atoms in total. The van der Waals surface area contributed by atoms with Gasteiger partial charge in [-0.25, -0.2) is 14.4 Å². The van der Waals surface area contributed by atoms with Crippen LogP contribution in [0.1, 0.15) is 145 Å². The van der Waals surface area contributed by atoms with Gasteiger partial charge < -0.3 is 33.9 Å². The highest BCUT2D eigenvalue weighted by atomic mass is 16.6. The van der Waals surface area contributed by atoms with E-state index in [2.05, 4.69) is 0 Å². The number of rotatable bonds is 8. The van der Waals surface area contributed by atoms with E-state index in [0.29, 0.717) is 51.2 Å². The standard InChI is InChI=1S/C22H39NO5.C17H31NO3/c1-6-26-19(24)17(2)27-16-22(18-10-8-7-9-11-18)12-14-23(15-13-22)20(25)28-21(3,4)5;1-16(2,3)21-15(20)18-11-9-17(13-19,10-12-18)14-7-5-4-6-8-14/h17-18H,6-16H2,1-5H3;14,19H,4-13H2,1-3H3. The quantitative estimate of drug-likeness (QED) is 0.200. The summed E-state index contributed by atoms with van der Waals surface area (Å²) < 4.78 is 22.1. The maximum atomic E-state index is 12.4. The van der Waals surface area contributed by atoms with Crippen LogP contribution in [-0.4, -0.2) is 96.4 Å². The first-order chi connectivity index (χ1) is 23.0. The minimum atomic E-state index is -0.552. The molecule has 1 unspecified atom stereocenters. The Morgan fingerprint density at radius 1 is 0.694 bits per heavy atom. The molecule has 0 aromatic carbocycles. The largest absolute Gasteiger partial charge is 0.464 e. The lowest BCUT2D eigenvalue weighted by molar-refractivity contribution is -0.160. The van der Waals surface area contributed by atoms with Gasteiger partial charge in [0.25, 0.3) is 0 Å². The summed E-state index contributed by atoms with van der Waals surface area (Å²) in [4.78, 5) is 40.2. The monoisotopic (exact) mass is 695 g/mol. The number of aliphatic hydroxyl groups is 1. The number of likely N-dealkylation sites (tertiary alicyclic amines) is 2. The second-order valence-electron chi connectivity index (χ2n) is 17.2. The molecule has 0 radical (unpaired) electrons. The molecule has 4 aliphatic rings. The van der Waals surface area contributed by atoms with Crippen molar-refractivity contribution in [1.29, 1.82) is 0 Å². The molecule has 2 amide bonds. The van der Waals surface area contributed by atoms with Gasteiger partial charge in [0.1, 0.15) is 11.2 Å². The van der Waals surface area contributed by atoms with E-state index >= 15 is 0 Å². The summed E-state index contributed by atoms with van der Waals surface area (Å²) in [5, 5.41) is 9.97. The van der Waals surface area contributed by atoms with Crippen LogP contribution in [0.25, 0.3) is 0 Å². The highest BCUT2D eigenvalue weighted by molar-refractivity contribution is 5.74. The Bertz CT molecular complexity index is 1020. The van der Waals surface area contributed by atoms with Crippen LogP contribution in [0.2, 0.25) is 0 Å². The molecule has 10 heteroatoms. The van der Waals surface area contributed by atoms with Crippen molar-refractivity contribution in [2.75, 3.05) is 46.0 Å². The number of amides is 2. The fourth-order valence-electron chi connectivity index (χ4n) is 8.34. The Morgan fingerprint density at radius 2 is 1.08 bits per heavy atom. The van der Waals surface area contributed by atoms with Gasteiger partial charge >= 0.3 is 18.2 Å². The third-order valence-electron chi connectivity index (χ3n) is 11.3. The number of nitrogens with zero attached hydrogens (tertiary/aromatic N) is 2. The maximum Gasteiger partial charge on any atom is 0.410 e. The van der Waals surface area contributed by atoms with Crippen LogP contribution in [0.15, 0.2) is 0 Å². The topological polar surface area (TPSA) is 115 Å².